The van der Waals surface area contributed by atoms with Crippen molar-refractivity contribution in [2.45, 2.75) is 19.5 Å². The summed E-state index contributed by atoms with van der Waals surface area (Å²) in [7, 11) is 4.04. The zero-order chi connectivity index (χ0) is 14.0. The maximum Gasteiger partial charge on any atom is 0.124 e. The van der Waals surface area contributed by atoms with Crippen molar-refractivity contribution in [1.82, 2.24) is 14.5 Å². The third kappa shape index (κ3) is 3.43. The van der Waals surface area contributed by atoms with Gasteiger partial charge in [0.05, 0.1) is 22.6 Å². The van der Waals surface area contributed by atoms with Crippen LogP contribution in [0.15, 0.2) is 18.2 Å². The van der Waals surface area contributed by atoms with Crippen molar-refractivity contribution in [3.05, 3.63) is 29.0 Å². The predicted molar refractivity (Wildman–Crippen MR) is 83.5 cm³/mol. The second-order valence-electron chi connectivity index (χ2n) is 4.77. The summed E-state index contributed by atoms with van der Waals surface area (Å²) >= 11 is 11.0. The lowest BCUT2D eigenvalue weighted by molar-refractivity contribution is 0.382. The van der Waals surface area contributed by atoms with E-state index in [-0.39, 0.29) is 0 Å². The second kappa shape index (κ2) is 5.86. The number of thiocarbonyl (C=S) groups is 1. The molecule has 0 radical (unpaired) electrons. The third-order valence-corrected chi connectivity index (χ3v) is 3.27. The molecule has 0 amide bonds. The van der Waals surface area contributed by atoms with E-state index in [4.69, 9.17) is 29.6 Å². The molecule has 102 valence electrons. The molecule has 6 heteroatoms. The number of hydrogen-bond donors (Lipinski definition) is 1. The van der Waals surface area contributed by atoms with E-state index in [0.29, 0.717) is 16.4 Å². The van der Waals surface area contributed by atoms with Crippen LogP contribution < -0.4 is 5.73 Å². The van der Waals surface area contributed by atoms with Crippen LogP contribution in [0.1, 0.15) is 12.2 Å². The van der Waals surface area contributed by atoms with E-state index in [1.165, 1.54) is 0 Å². The average molecular weight is 297 g/mol. The number of aryl methyl sites for hydroxylation is 1. The standard InChI is InChI=1S/C13H17ClN4S/c1-17(2)8-13-16-10-7-9(14)3-4-11(10)18(13)6-5-12(15)19/h3-4,7H,5-6,8H2,1-2H3,(H2,15,19). The Balaban J connectivity index is 2.45. The lowest BCUT2D eigenvalue weighted by Crippen LogP contribution is -2.18. The molecule has 0 aliphatic carbocycles. The van der Waals surface area contributed by atoms with Gasteiger partial charge in [-0.2, -0.15) is 0 Å². The van der Waals surface area contributed by atoms with E-state index < -0.39 is 0 Å². The van der Waals surface area contributed by atoms with Crippen molar-refractivity contribution in [1.29, 1.82) is 0 Å². The number of imidazole rings is 1. The first-order valence-electron chi connectivity index (χ1n) is 6.05. The van der Waals surface area contributed by atoms with Gasteiger partial charge in [-0.3, -0.25) is 0 Å². The molecule has 0 saturated carbocycles. The molecule has 2 rings (SSSR count). The van der Waals surface area contributed by atoms with Crippen molar-refractivity contribution in [3.8, 4) is 0 Å². The Labute approximate surface area is 123 Å². The molecule has 0 atom stereocenters. The zero-order valence-corrected chi connectivity index (χ0v) is 12.6. The number of halogens is 1. The van der Waals surface area contributed by atoms with Crippen LogP contribution >= 0.6 is 23.8 Å². The molecule has 1 aromatic heterocycles. The summed E-state index contributed by atoms with van der Waals surface area (Å²) < 4.78 is 2.16. The number of fused-ring (bicyclic) bond motifs is 1. The first kappa shape index (κ1) is 14.2. The minimum Gasteiger partial charge on any atom is -0.393 e. The maximum atomic E-state index is 6.01. The topological polar surface area (TPSA) is 47.1 Å². The summed E-state index contributed by atoms with van der Waals surface area (Å²) in [6.45, 7) is 1.51. The van der Waals surface area contributed by atoms with Crippen LogP contribution in [-0.4, -0.2) is 33.5 Å². The Morgan fingerprint density at radius 3 is 2.84 bits per heavy atom. The van der Waals surface area contributed by atoms with Crippen LogP contribution in [0.25, 0.3) is 11.0 Å². The van der Waals surface area contributed by atoms with Crippen LogP contribution in [0.5, 0.6) is 0 Å². The molecule has 1 heterocycles. The van der Waals surface area contributed by atoms with Gasteiger partial charge >= 0.3 is 0 Å². The van der Waals surface area contributed by atoms with Gasteiger partial charge in [-0.25, -0.2) is 4.98 Å². The molecular formula is C13H17ClN4S. The van der Waals surface area contributed by atoms with Gasteiger partial charge in [0.2, 0.25) is 0 Å². The van der Waals surface area contributed by atoms with Crippen LogP contribution in [-0.2, 0) is 13.1 Å². The lowest BCUT2D eigenvalue weighted by atomic mass is 10.3. The highest BCUT2D eigenvalue weighted by atomic mass is 35.5. The molecule has 0 fully saturated rings. The second-order valence-corrected chi connectivity index (χ2v) is 5.73. The Hall–Kier alpha value is -1.17. The van der Waals surface area contributed by atoms with E-state index in [9.17, 15) is 0 Å². The average Bonchev–Trinajstić information content (AvgIpc) is 2.61. The summed E-state index contributed by atoms with van der Waals surface area (Å²) in [6.07, 6.45) is 0.670. The highest BCUT2D eigenvalue weighted by molar-refractivity contribution is 7.80. The number of benzene rings is 1. The maximum absolute atomic E-state index is 6.01. The van der Waals surface area contributed by atoms with Crippen molar-refractivity contribution >= 4 is 39.8 Å². The first-order valence-corrected chi connectivity index (χ1v) is 6.83. The van der Waals surface area contributed by atoms with Gasteiger partial charge in [-0.05, 0) is 32.3 Å². The van der Waals surface area contributed by atoms with E-state index in [2.05, 4.69) is 14.5 Å². The van der Waals surface area contributed by atoms with Crippen molar-refractivity contribution < 1.29 is 0 Å². The summed E-state index contributed by atoms with van der Waals surface area (Å²) in [5.41, 5.74) is 7.57. The molecule has 0 saturated heterocycles. The number of nitrogens with zero attached hydrogens (tertiary/aromatic N) is 3. The van der Waals surface area contributed by atoms with Gasteiger partial charge in [0, 0.05) is 18.0 Å². The van der Waals surface area contributed by atoms with Gasteiger partial charge in [0.25, 0.3) is 0 Å². The molecule has 1 aromatic carbocycles. The largest absolute Gasteiger partial charge is 0.393 e. The fourth-order valence-corrected chi connectivity index (χ4v) is 2.29. The molecule has 2 aromatic rings. The summed E-state index contributed by atoms with van der Waals surface area (Å²) in [4.78, 5) is 7.25. The van der Waals surface area contributed by atoms with Gasteiger partial charge < -0.3 is 15.2 Å². The fourth-order valence-electron chi connectivity index (χ4n) is 2.03. The highest BCUT2D eigenvalue weighted by Crippen LogP contribution is 2.21. The smallest absolute Gasteiger partial charge is 0.124 e. The van der Waals surface area contributed by atoms with E-state index >= 15 is 0 Å². The SMILES string of the molecule is CN(C)Cc1nc2cc(Cl)ccc2n1CCC(N)=S. The number of nitrogens with two attached hydrogens (primary N) is 1. The van der Waals surface area contributed by atoms with E-state index in [1.54, 1.807) is 0 Å². The van der Waals surface area contributed by atoms with Crippen LogP contribution in [0.3, 0.4) is 0 Å². The van der Waals surface area contributed by atoms with Crippen molar-refractivity contribution in [2.24, 2.45) is 5.73 Å². The van der Waals surface area contributed by atoms with Gasteiger partial charge in [0.1, 0.15) is 5.82 Å². The quantitative estimate of drug-likeness (QED) is 0.861. The molecule has 19 heavy (non-hydrogen) atoms. The fraction of sp³-hybridized carbons (Fsp3) is 0.385. The van der Waals surface area contributed by atoms with Crippen LogP contribution in [0.2, 0.25) is 5.02 Å². The monoisotopic (exact) mass is 296 g/mol. The minimum atomic E-state index is 0.520. The first-order chi connectivity index (χ1) is 8.97. The normalized spacial score (nSPS) is 11.4. The number of rotatable bonds is 5. The molecule has 0 aliphatic heterocycles. The highest BCUT2D eigenvalue weighted by Gasteiger charge is 2.11. The number of aromatic nitrogens is 2. The van der Waals surface area contributed by atoms with E-state index in [1.807, 2.05) is 32.3 Å². The zero-order valence-electron chi connectivity index (χ0n) is 11.1. The Morgan fingerprint density at radius 2 is 2.21 bits per heavy atom. The van der Waals surface area contributed by atoms with Gasteiger partial charge in [-0.15, -0.1) is 0 Å². The molecule has 4 nitrogen and oxygen atoms in total. The van der Waals surface area contributed by atoms with E-state index in [0.717, 1.165) is 29.9 Å². The van der Waals surface area contributed by atoms with Crippen molar-refractivity contribution in [2.75, 3.05) is 14.1 Å². The third-order valence-electron chi connectivity index (χ3n) is 2.83. The molecule has 0 unspecified atom stereocenters. The van der Waals surface area contributed by atoms with Crippen LogP contribution in [0, 0.1) is 0 Å². The molecule has 0 bridgehead atoms. The van der Waals surface area contributed by atoms with Gasteiger partial charge in [0.15, 0.2) is 0 Å². The Bertz CT molecular complexity index is 606. The molecule has 2 N–H and O–H groups in total. The van der Waals surface area contributed by atoms with Gasteiger partial charge in [-0.1, -0.05) is 23.8 Å². The Morgan fingerprint density at radius 1 is 1.47 bits per heavy atom. The van der Waals surface area contributed by atoms with Crippen LogP contribution in [0.4, 0.5) is 0 Å². The minimum absolute atomic E-state index is 0.520. The summed E-state index contributed by atoms with van der Waals surface area (Å²) in [5, 5.41) is 0.697. The molecular weight excluding hydrogens is 280 g/mol. The lowest BCUT2D eigenvalue weighted by Gasteiger charge is -2.12. The Kier molecular flexibility index (Phi) is 4.39. The molecule has 0 spiro atoms. The molecule has 0 aliphatic rings. The number of hydrogen-bond acceptors (Lipinski definition) is 3. The summed E-state index contributed by atoms with van der Waals surface area (Å²) in [5.74, 6) is 0.999. The predicted octanol–water partition coefficient (Wildman–Crippen LogP) is 2.43. The summed E-state index contributed by atoms with van der Waals surface area (Å²) in [6, 6.07) is 5.75. The van der Waals surface area contributed by atoms with Crippen molar-refractivity contribution in [3.63, 3.8) is 0 Å².